The summed E-state index contributed by atoms with van der Waals surface area (Å²) in [7, 11) is 0. The van der Waals surface area contributed by atoms with E-state index in [0.29, 0.717) is 5.11 Å². The van der Waals surface area contributed by atoms with E-state index in [1.54, 1.807) is 0 Å². The number of fused-ring (bicyclic) bond motifs is 3. The molecule has 0 fully saturated rings. The SMILES string of the molecule is Cc1cccc(C)c1NC(=S)N1CCn2c1nc1ccccc12. The van der Waals surface area contributed by atoms with Crippen LogP contribution >= 0.6 is 12.2 Å². The summed E-state index contributed by atoms with van der Waals surface area (Å²) in [5, 5.41) is 4.11. The van der Waals surface area contributed by atoms with Gasteiger partial charge in [0.25, 0.3) is 0 Å². The van der Waals surface area contributed by atoms with Crippen LogP contribution in [0.15, 0.2) is 42.5 Å². The van der Waals surface area contributed by atoms with Crippen LogP contribution in [0.3, 0.4) is 0 Å². The average molecular weight is 322 g/mol. The first-order chi connectivity index (χ1) is 11.1. The first-order valence-electron chi connectivity index (χ1n) is 7.75. The smallest absolute Gasteiger partial charge is 0.213 e. The second-order valence-corrected chi connectivity index (χ2v) is 6.29. The predicted molar refractivity (Wildman–Crippen MR) is 99.2 cm³/mol. The van der Waals surface area contributed by atoms with Crippen LogP contribution in [0.4, 0.5) is 11.6 Å². The molecule has 0 aliphatic carbocycles. The summed E-state index contributed by atoms with van der Waals surface area (Å²) in [4.78, 5) is 6.83. The van der Waals surface area contributed by atoms with Crippen LogP contribution in [0, 0.1) is 13.8 Å². The van der Waals surface area contributed by atoms with E-state index in [2.05, 4.69) is 52.9 Å². The van der Waals surface area contributed by atoms with Crippen molar-refractivity contribution in [1.29, 1.82) is 0 Å². The quantitative estimate of drug-likeness (QED) is 0.690. The molecule has 4 rings (SSSR count). The highest BCUT2D eigenvalue weighted by molar-refractivity contribution is 7.80. The molecule has 1 aliphatic rings. The van der Waals surface area contributed by atoms with Crippen LogP contribution in [0.25, 0.3) is 11.0 Å². The summed E-state index contributed by atoms with van der Waals surface area (Å²) in [6.45, 7) is 5.95. The lowest BCUT2D eigenvalue weighted by Crippen LogP contribution is -2.34. The van der Waals surface area contributed by atoms with Crippen molar-refractivity contribution < 1.29 is 0 Å². The molecule has 0 saturated carbocycles. The van der Waals surface area contributed by atoms with Gasteiger partial charge in [-0.3, -0.25) is 4.90 Å². The molecule has 23 heavy (non-hydrogen) atoms. The van der Waals surface area contributed by atoms with Crippen molar-refractivity contribution in [2.75, 3.05) is 16.8 Å². The lowest BCUT2D eigenvalue weighted by Gasteiger charge is -2.20. The van der Waals surface area contributed by atoms with Gasteiger partial charge in [-0.25, -0.2) is 4.98 Å². The number of nitrogens with one attached hydrogen (secondary N) is 1. The lowest BCUT2D eigenvalue weighted by atomic mass is 10.1. The van der Waals surface area contributed by atoms with Crippen molar-refractivity contribution in [2.24, 2.45) is 0 Å². The summed E-state index contributed by atoms with van der Waals surface area (Å²) in [6, 6.07) is 14.5. The third-order valence-corrected chi connectivity index (χ3v) is 4.70. The maximum Gasteiger partial charge on any atom is 0.213 e. The molecule has 1 N–H and O–H groups in total. The van der Waals surface area contributed by atoms with E-state index in [1.165, 1.54) is 16.6 Å². The third-order valence-electron chi connectivity index (χ3n) is 4.38. The van der Waals surface area contributed by atoms with Gasteiger partial charge in [0, 0.05) is 18.8 Å². The molecule has 0 bridgehead atoms. The maximum absolute atomic E-state index is 5.66. The van der Waals surface area contributed by atoms with Crippen molar-refractivity contribution in [3.8, 4) is 0 Å². The highest BCUT2D eigenvalue weighted by Crippen LogP contribution is 2.28. The Bertz CT molecular complexity index is 892. The van der Waals surface area contributed by atoms with Crippen molar-refractivity contribution in [3.63, 3.8) is 0 Å². The number of aromatic nitrogens is 2. The Morgan fingerprint density at radius 3 is 2.57 bits per heavy atom. The van der Waals surface area contributed by atoms with Gasteiger partial charge in [-0.1, -0.05) is 30.3 Å². The minimum Gasteiger partial charge on any atom is -0.332 e. The molecule has 0 amide bonds. The van der Waals surface area contributed by atoms with Crippen LogP contribution in [0.2, 0.25) is 0 Å². The van der Waals surface area contributed by atoms with Crippen molar-refractivity contribution in [1.82, 2.24) is 9.55 Å². The van der Waals surface area contributed by atoms with Crippen LogP contribution in [-0.4, -0.2) is 21.2 Å². The van der Waals surface area contributed by atoms with E-state index < -0.39 is 0 Å². The summed E-state index contributed by atoms with van der Waals surface area (Å²) in [5.74, 6) is 0.926. The molecule has 0 unspecified atom stereocenters. The minimum absolute atomic E-state index is 0.705. The highest BCUT2D eigenvalue weighted by atomic mass is 32.1. The molecule has 2 aromatic carbocycles. The zero-order chi connectivity index (χ0) is 16.0. The van der Waals surface area contributed by atoms with E-state index in [4.69, 9.17) is 17.2 Å². The van der Waals surface area contributed by atoms with E-state index in [1.807, 2.05) is 18.2 Å². The molecule has 5 heteroatoms. The lowest BCUT2D eigenvalue weighted by molar-refractivity contribution is 0.829. The largest absolute Gasteiger partial charge is 0.332 e. The molecule has 4 nitrogen and oxygen atoms in total. The Balaban J connectivity index is 1.67. The van der Waals surface area contributed by atoms with Crippen LogP contribution in [0.5, 0.6) is 0 Å². The summed E-state index contributed by atoms with van der Waals surface area (Å²) in [6.07, 6.45) is 0. The van der Waals surface area contributed by atoms with Gasteiger partial charge in [0.1, 0.15) is 0 Å². The number of hydrogen-bond donors (Lipinski definition) is 1. The highest BCUT2D eigenvalue weighted by Gasteiger charge is 2.26. The number of imidazole rings is 1. The summed E-state index contributed by atoms with van der Waals surface area (Å²) in [5.41, 5.74) is 5.66. The number of benzene rings is 2. The van der Waals surface area contributed by atoms with Gasteiger partial charge in [0.15, 0.2) is 5.11 Å². The second-order valence-electron chi connectivity index (χ2n) is 5.90. The molecule has 3 aromatic rings. The molecular formula is C18H18N4S. The van der Waals surface area contributed by atoms with Gasteiger partial charge in [0.2, 0.25) is 5.95 Å². The first-order valence-corrected chi connectivity index (χ1v) is 8.16. The fourth-order valence-corrected chi connectivity index (χ4v) is 3.44. The molecule has 0 spiro atoms. The van der Waals surface area contributed by atoms with E-state index in [-0.39, 0.29) is 0 Å². The normalized spacial score (nSPS) is 13.4. The molecule has 2 heterocycles. The van der Waals surface area contributed by atoms with Crippen molar-refractivity contribution in [3.05, 3.63) is 53.6 Å². The van der Waals surface area contributed by atoms with Gasteiger partial charge >= 0.3 is 0 Å². The van der Waals surface area contributed by atoms with E-state index >= 15 is 0 Å². The number of nitrogens with zero attached hydrogens (tertiary/aromatic N) is 3. The van der Waals surface area contributed by atoms with Gasteiger partial charge in [-0.05, 0) is 49.3 Å². The van der Waals surface area contributed by atoms with E-state index in [0.717, 1.165) is 30.2 Å². The Labute approximate surface area is 140 Å². The predicted octanol–water partition coefficient (Wildman–Crippen LogP) is 3.87. The average Bonchev–Trinajstić information content (AvgIpc) is 3.09. The minimum atomic E-state index is 0.705. The number of rotatable bonds is 1. The van der Waals surface area contributed by atoms with Gasteiger partial charge < -0.3 is 9.88 Å². The van der Waals surface area contributed by atoms with Crippen LogP contribution in [0.1, 0.15) is 11.1 Å². The van der Waals surface area contributed by atoms with Gasteiger partial charge in [-0.2, -0.15) is 0 Å². The zero-order valence-corrected chi connectivity index (χ0v) is 14.0. The number of para-hydroxylation sites is 3. The molecular weight excluding hydrogens is 304 g/mol. The fourth-order valence-electron chi connectivity index (χ4n) is 3.17. The third kappa shape index (κ3) is 2.28. The Kier molecular flexibility index (Phi) is 3.31. The number of hydrogen-bond acceptors (Lipinski definition) is 2. The Morgan fingerprint density at radius 2 is 1.78 bits per heavy atom. The van der Waals surface area contributed by atoms with Crippen molar-refractivity contribution in [2.45, 2.75) is 20.4 Å². The Morgan fingerprint density at radius 1 is 1.04 bits per heavy atom. The van der Waals surface area contributed by atoms with Crippen LogP contribution in [-0.2, 0) is 6.54 Å². The Hall–Kier alpha value is -2.40. The number of thiocarbonyl (C=S) groups is 1. The standard InChI is InChI=1S/C18H18N4S/c1-12-6-5-7-13(2)16(12)20-18(23)22-11-10-21-15-9-4-3-8-14(15)19-17(21)22/h3-9H,10-11H2,1-2H3,(H,20,23). The maximum atomic E-state index is 5.66. The summed E-state index contributed by atoms with van der Waals surface area (Å²) < 4.78 is 2.23. The van der Waals surface area contributed by atoms with Crippen LogP contribution < -0.4 is 10.2 Å². The second kappa shape index (κ2) is 5.35. The monoisotopic (exact) mass is 322 g/mol. The van der Waals surface area contributed by atoms with Gasteiger partial charge in [0.05, 0.1) is 11.0 Å². The van der Waals surface area contributed by atoms with Crippen molar-refractivity contribution >= 4 is 40.0 Å². The number of aryl methyl sites for hydroxylation is 2. The molecule has 0 saturated heterocycles. The molecule has 116 valence electrons. The van der Waals surface area contributed by atoms with E-state index in [9.17, 15) is 0 Å². The molecule has 1 aromatic heterocycles. The molecule has 0 atom stereocenters. The summed E-state index contributed by atoms with van der Waals surface area (Å²) >= 11 is 5.66. The first kappa shape index (κ1) is 14.2. The van der Waals surface area contributed by atoms with Gasteiger partial charge in [-0.15, -0.1) is 0 Å². The molecule has 0 radical (unpaired) electrons. The fraction of sp³-hybridized carbons (Fsp3) is 0.222. The topological polar surface area (TPSA) is 33.1 Å². The zero-order valence-electron chi connectivity index (χ0n) is 13.2. The number of anilines is 2. The molecule has 1 aliphatic heterocycles.